The molecule has 2 unspecified atom stereocenters. The topological polar surface area (TPSA) is 55.3 Å². The Labute approximate surface area is 129 Å². The molecule has 2 atom stereocenters. The molecular formula is C16H20ClN3O. The van der Waals surface area contributed by atoms with E-state index in [0.29, 0.717) is 17.5 Å². The molecule has 1 saturated heterocycles. The number of hydrogen-bond acceptors (Lipinski definition) is 4. The van der Waals surface area contributed by atoms with Gasteiger partial charge >= 0.3 is 0 Å². The van der Waals surface area contributed by atoms with Crippen LogP contribution in [0.2, 0.25) is 5.02 Å². The zero-order valence-corrected chi connectivity index (χ0v) is 12.9. The third kappa shape index (κ3) is 3.46. The minimum atomic E-state index is 0.237. The maximum Gasteiger partial charge on any atom is 0.209 e. The molecule has 4 nitrogen and oxygen atoms in total. The quantitative estimate of drug-likeness (QED) is 0.946. The Morgan fingerprint density at radius 2 is 2.33 bits per heavy atom. The van der Waals surface area contributed by atoms with Gasteiger partial charge in [-0.3, -0.25) is 4.90 Å². The summed E-state index contributed by atoms with van der Waals surface area (Å²) in [6.45, 7) is 4.87. The lowest BCUT2D eigenvalue weighted by Crippen LogP contribution is -2.47. The van der Waals surface area contributed by atoms with E-state index in [9.17, 15) is 0 Å². The first-order valence-corrected chi connectivity index (χ1v) is 7.68. The molecule has 5 heteroatoms. The number of likely N-dealkylation sites (tertiary alicyclic amines) is 1. The van der Waals surface area contributed by atoms with Crippen molar-refractivity contribution < 1.29 is 4.42 Å². The fourth-order valence-corrected chi connectivity index (χ4v) is 2.85. The summed E-state index contributed by atoms with van der Waals surface area (Å²) in [6.07, 6.45) is 2.89. The summed E-state index contributed by atoms with van der Waals surface area (Å²) in [5.41, 5.74) is 7.08. The van der Waals surface area contributed by atoms with Crippen LogP contribution in [0, 0.1) is 5.92 Å². The average molecular weight is 306 g/mol. The minimum Gasteiger partial charge on any atom is -0.439 e. The van der Waals surface area contributed by atoms with Gasteiger partial charge in [0.15, 0.2) is 5.76 Å². The molecule has 112 valence electrons. The summed E-state index contributed by atoms with van der Waals surface area (Å²) in [6, 6.07) is 7.84. The summed E-state index contributed by atoms with van der Waals surface area (Å²) in [5, 5.41) is 0.696. The third-order valence-electron chi connectivity index (χ3n) is 4.12. The zero-order chi connectivity index (χ0) is 14.8. The lowest BCUT2D eigenvalue weighted by molar-refractivity contribution is 0.150. The van der Waals surface area contributed by atoms with Gasteiger partial charge in [-0.2, -0.15) is 0 Å². The van der Waals surface area contributed by atoms with Crippen molar-refractivity contribution >= 4 is 11.6 Å². The molecule has 0 amide bonds. The summed E-state index contributed by atoms with van der Waals surface area (Å²) in [7, 11) is 0. The van der Waals surface area contributed by atoms with E-state index in [1.165, 1.54) is 0 Å². The van der Waals surface area contributed by atoms with Crippen LogP contribution in [0.4, 0.5) is 0 Å². The molecule has 0 aliphatic carbocycles. The van der Waals surface area contributed by atoms with Gasteiger partial charge < -0.3 is 10.2 Å². The van der Waals surface area contributed by atoms with E-state index in [1.807, 2.05) is 24.3 Å². The summed E-state index contributed by atoms with van der Waals surface area (Å²) in [5.74, 6) is 2.07. The Hall–Kier alpha value is -1.36. The van der Waals surface area contributed by atoms with E-state index in [1.54, 1.807) is 6.20 Å². The van der Waals surface area contributed by atoms with Crippen LogP contribution in [-0.4, -0.2) is 29.0 Å². The third-order valence-corrected chi connectivity index (χ3v) is 4.36. The van der Waals surface area contributed by atoms with E-state index in [-0.39, 0.29) is 6.04 Å². The minimum absolute atomic E-state index is 0.237. The van der Waals surface area contributed by atoms with Crippen molar-refractivity contribution in [3.8, 4) is 11.3 Å². The molecule has 1 aliphatic heterocycles. The highest BCUT2D eigenvalue weighted by Crippen LogP contribution is 2.24. The van der Waals surface area contributed by atoms with Crippen LogP contribution in [0.15, 0.2) is 34.9 Å². The first kappa shape index (κ1) is 14.6. The van der Waals surface area contributed by atoms with Gasteiger partial charge in [0, 0.05) is 23.2 Å². The van der Waals surface area contributed by atoms with Crippen molar-refractivity contribution in [3.05, 3.63) is 41.4 Å². The standard InChI is InChI=1S/C16H20ClN3O/c1-11-5-6-20(9-14(11)18)10-16-19-8-15(21-16)12-3-2-4-13(17)7-12/h2-4,7-8,11,14H,5-6,9-10,18H2,1H3. The number of halogens is 1. The molecule has 1 aromatic carbocycles. The Morgan fingerprint density at radius 1 is 1.48 bits per heavy atom. The summed E-state index contributed by atoms with van der Waals surface area (Å²) < 4.78 is 5.84. The lowest BCUT2D eigenvalue weighted by atomic mass is 9.94. The maximum atomic E-state index is 6.13. The van der Waals surface area contributed by atoms with Crippen molar-refractivity contribution in [2.45, 2.75) is 25.9 Å². The Morgan fingerprint density at radius 3 is 3.10 bits per heavy atom. The number of oxazole rings is 1. The molecular weight excluding hydrogens is 286 g/mol. The molecule has 2 aromatic rings. The number of aromatic nitrogens is 1. The molecule has 0 radical (unpaired) electrons. The van der Waals surface area contributed by atoms with Crippen LogP contribution in [0.5, 0.6) is 0 Å². The van der Waals surface area contributed by atoms with Gasteiger partial charge in [-0.1, -0.05) is 30.7 Å². The normalized spacial score (nSPS) is 23.4. The van der Waals surface area contributed by atoms with E-state index < -0.39 is 0 Å². The van der Waals surface area contributed by atoms with E-state index in [2.05, 4.69) is 16.8 Å². The molecule has 0 saturated carbocycles. The zero-order valence-electron chi connectivity index (χ0n) is 12.1. The predicted molar refractivity (Wildman–Crippen MR) is 84.0 cm³/mol. The van der Waals surface area contributed by atoms with Gasteiger partial charge in [0.25, 0.3) is 0 Å². The molecule has 3 rings (SSSR count). The van der Waals surface area contributed by atoms with Crippen LogP contribution in [0.25, 0.3) is 11.3 Å². The molecule has 1 aliphatic rings. The Balaban J connectivity index is 1.68. The number of piperidine rings is 1. The largest absolute Gasteiger partial charge is 0.439 e. The highest BCUT2D eigenvalue weighted by molar-refractivity contribution is 6.30. The molecule has 0 bridgehead atoms. The summed E-state index contributed by atoms with van der Waals surface area (Å²) in [4.78, 5) is 6.67. The first-order chi connectivity index (χ1) is 10.1. The second-order valence-corrected chi connectivity index (χ2v) is 6.23. The Bertz CT molecular complexity index is 613. The molecule has 2 N–H and O–H groups in total. The average Bonchev–Trinajstić information content (AvgIpc) is 2.91. The SMILES string of the molecule is CC1CCN(Cc2ncc(-c3cccc(Cl)c3)o2)CC1N. The number of nitrogens with two attached hydrogens (primary N) is 1. The van der Waals surface area contributed by atoms with Crippen LogP contribution in [-0.2, 0) is 6.54 Å². The molecule has 0 spiro atoms. The second-order valence-electron chi connectivity index (χ2n) is 5.79. The molecule has 1 aromatic heterocycles. The van der Waals surface area contributed by atoms with Crippen LogP contribution in [0.1, 0.15) is 19.2 Å². The van der Waals surface area contributed by atoms with Gasteiger partial charge in [-0.25, -0.2) is 4.98 Å². The van der Waals surface area contributed by atoms with Gasteiger partial charge in [0.1, 0.15) is 0 Å². The number of nitrogens with zero attached hydrogens (tertiary/aromatic N) is 2. The lowest BCUT2D eigenvalue weighted by Gasteiger charge is -2.34. The van der Waals surface area contributed by atoms with Crippen molar-refractivity contribution in [2.75, 3.05) is 13.1 Å². The predicted octanol–water partition coefficient (Wildman–Crippen LogP) is 3.16. The van der Waals surface area contributed by atoms with Crippen molar-refractivity contribution in [2.24, 2.45) is 11.7 Å². The van der Waals surface area contributed by atoms with Crippen molar-refractivity contribution in [1.82, 2.24) is 9.88 Å². The van der Waals surface area contributed by atoms with Gasteiger partial charge in [-0.15, -0.1) is 0 Å². The smallest absolute Gasteiger partial charge is 0.209 e. The molecule has 1 fully saturated rings. The molecule has 2 heterocycles. The molecule has 21 heavy (non-hydrogen) atoms. The fraction of sp³-hybridized carbons (Fsp3) is 0.438. The number of hydrogen-bond donors (Lipinski definition) is 1. The fourth-order valence-electron chi connectivity index (χ4n) is 2.66. The first-order valence-electron chi connectivity index (χ1n) is 7.30. The highest BCUT2D eigenvalue weighted by Gasteiger charge is 2.24. The van der Waals surface area contributed by atoms with Crippen molar-refractivity contribution in [3.63, 3.8) is 0 Å². The highest BCUT2D eigenvalue weighted by atomic mass is 35.5. The maximum absolute atomic E-state index is 6.13. The number of rotatable bonds is 3. The Kier molecular flexibility index (Phi) is 4.29. The van der Waals surface area contributed by atoms with Crippen LogP contribution >= 0.6 is 11.6 Å². The second kappa shape index (κ2) is 6.18. The van der Waals surface area contributed by atoms with Gasteiger partial charge in [0.2, 0.25) is 5.89 Å². The van der Waals surface area contributed by atoms with Crippen LogP contribution < -0.4 is 5.73 Å². The van der Waals surface area contributed by atoms with E-state index in [0.717, 1.165) is 36.7 Å². The van der Waals surface area contributed by atoms with Crippen LogP contribution in [0.3, 0.4) is 0 Å². The number of benzene rings is 1. The van der Waals surface area contributed by atoms with E-state index >= 15 is 0 Å². The van der Waals surface area contributed by atoms with Gasteiger partial charge in [-0.05, 0) is 31.0 Å². The van der Waals surface area contributed by atoms with Gasteiger partial charge in [0.05, 0.1) is 12.7 Å². The monoisotopic (exact) mass is 305 g/mol. The van der Waals surface area contributed by atoms with E-state index in [4.69, 9.17) is 21.8 Å². The summed E-state index contributed by atoms with van der Waals surface area (Å²) >= 11 is 6.00. The van der Waals surface area contributed by atoms with Crippen molar-refractivity contribution in [1.29, 1.82) is 0 Å².